The zero-order chi connectivity index (χ0) is 13.1. The van der Waals surface area contributed by atoms with E-state index >= 15 is 0 Å². The number of rotatable bonds is 5. The Bertz CT molecular complexity index is 564. The van der Waals surface area contributed by atoms with E-state index in [4.69, 9.17) is 16.3 Å². The van der Waals surface area contributed by atoms with Crippen LogP contribution in [0.1, 0.15) is 21.1 Å². The first-order valence-corrected chi connectivity index (χ1v) is 6.56. The van der Waals surface area contributed by atoms with Gasteiger partial charge in [-0.1, -0.05) is 11.6 Å². The number of carbonyl (C=O) groups excluding carboxylic acids is 1. The maximum absolute atomic E-state index is 12.4. The topological polar surface area (TPSA) is 57.0 Å². The lowest BCUT2D eigenvalue weighted by molar-refractivity contribution is 0.102. The van der Waals surface area contributed by atoms with E-state index in [-0.39, 0.29) is 5.78 Å². The van der Waals surface area contributed by atoms with Gasteiger partial charge in [0.1, 0.15) is 5.69 Å². The van der Waals surface area contributed by atoms with E-state index in [0.29, 0.717) is 34.4 Å². The molecule has 0 aliphatic carbocycles. The molecular formula is C11H12ClN3O2S. The average molecular weight is 286 g/mol. The summed E-state index contributed by atoms with van der Waals surface area (Å²) in [6.07, 6.45) is 1.47. The van der Waals surface area contributed by atoms with Crippen molar-refractivity contribution in [3.8, 4) is 0 Å². The summed E-state index contributed by atoms with van der Waals surface area (Å²) < 4.78 is 6.54. The fourth-order valence-corrected chi connectivity index (χ4v) is 2.53. The van der Waals surface area contributed by atoms with Crippen molar-refractivity contribution in [2.24, 2.45) is 0 Å². The molecule has 0 aromatic carbocycles. The molecule has 5 nitrogen and oxygen atoms in total. The predicted molar refractivity (Wildman–Crippen MR) is 69.4 cm³/mol. The van der Waals surface area contributed by atoms with Crippen molar-refractivity contribution in [2.45, 2.75) is 13.5 Å². The van der Waals surface area contributed by atoms with E-state index in [9.17, 15) is 4.79 Å². The fourth-order valence-electron chi connectivity index (χ4n) is 1.56. The van der Waals surface area contributed by atoms with Crippen molar-refractivity contribution in [1.29, 1.82) is 0 Å². The summed E-state index contributed by atoms with van der Waals surface area (Å²) in [6, 6.07) is 0. The number of aromatic nitrogens is 3. The van der Waals surface area contributed by atoms with Crippen LogP contribution in [0.3, 0.4) is 0 Å². The number of methoxy groups -OCH3 is 1. The van der Waals surface area contributed by atoms with E-state index in [1.807, 2.05) is 0 Å². The number of hydrogen-bond donors (Lipinski definition) is 0. The molecule has 0 N–H and O–H groups in total. The third kappa shape index (κ3) is 2.45. The molecule has 2 aromatic heterocycles. The monoisotopic (exact) mass is 285 g/mol. The molecule has 0 amide bonds. The molecule has 0 spiro atoms. The molecule has 18 heavy (non-hydrogen) atoms. The van der Waals surface area contributed by atoms with Crippen molar-refractivity contribution in [1.82, 2.24) is 14.8 Å². The number of hydrogen-bond acceptors (Lipinski definition) is 5. The van der Waals surface area contributed by atoms with Crippen molar-refractivity contribution >= 4 is 28.7 Å². The molecule has 2 heterocycles. The lowest BCUT2D eigenvalue weighted by Crippen LogP contribution is -2.14. The van der Waals surface area contributed by atoms with Crippen LogP contribution in [-0.2, 0) is 11.3 Å². The van der Waals surface area contributed by atoms with Crippen LogP contribution in [0.25, 0.3) is 0 Å². The van der Waals surface area contributed by atoms with E-state index in [1.54, 1.807) is 24.2 Å². The SMILES string of the molecule is COCCn1ncc(Cl)c1C(=O)c1scnc1C. The van der Waals surface area contributed by atoms with Crippen LogP contribution in [0.15, 0.2) is 11.7 Å². The smallest absolute Gasteiger partial charge is 0.224 e. The van der Waals surface area contributed by atoms with Crippen LogP contribution in [0, 0.1) is 6.92 Å². The fraction of sp³-hybridized carbons (Fsp3) is 0.364. The molecule has 0 aliphatic rings. The second-order valence-corrected chi connectivity index (χ2v) is 4.92. The summed E-state index contributed by atoms with van der Waals surface area (Å²) in [6.45, 7) is 2.76. The molecule has 0 saturated heterocycles. The minimum Gasteiger partial charge on any atom is -0.383 e. The van der Waals surface area contributed by atoms with Gasteiger partial charge < -0.3 is 4.74 Å². The zero-order valence-electron chi connectivity index (χ0n) is 10.0. The minimum absolute atomic E-state index is 0.145. The van der Waals surface area contributed by atoms with Crippen LogP contribution < -0.4 is 0 Å². The van der Waals surface area contributed by atoms with Gasteiger partial charge in [0, 0.05) is 7.11 Å². The number of carbonyl (C=O) groups is 1. The largest absolute Gasteiger partial charge is 0.383 e. The maximum Gasteiger partial charge on any atom is 0.224 e. The first kappa shape index (κ1) is 13.2. The highest BCUT2D eigenvalue weighted by atomic mass is 35.5. The Kier molecular flexibility index (Phi) is 4.11. The van der Waals surface area contributed by atoms with Gasteiger partial charge in [0.25, 0.3) is 0 Å². The van der Waals surface area contributed by atoms with Crippen LogP contribution in [0.4, 0.5) is 0 Å². The highest BCUT2D eigenvalue weighted by molar-refractivity contribution is 7.12. The molecule has 0 fully saturated rings. The summed E-state index contributed by atoms with van der Waals surface area (Å²) in [5, 5.41) is 4.43. The van der Waals surface area contributed by atoms with E-state index in [1.165, 1.54) is 17.5 Å². The number of thiazole rings is 1. The summed E-state index contributed by atoms with van der Waals surface area (Å²) >= 11 is 7.33. The van der Waals surface area contributed by atoms with Gasteiger partial charge in [-0.25, -0.2) is 4.98 Å². The Morgan fingerprint density at radius 3 is 3.00 bits per heavy atom. The van der Waals surface area contributed by atoms with Crippen LogP contribution >= 0.6 is 22.9 Å². The molecule has 0 unspecified atom stereocenters. The minimum atomic E-state index is -0.145. The van der Waals surface area contributed by atoms with Gasteiger partial charge in [-0.3, -0.25) is 9.48 Å². The van der Waals surface area contributed by atoms with Crippen molar-refractivity contribution in [3.05, 3.63) is 33.0 Å². The molecule has 7 heteroatoms. The third-order valence-corrected chi connectivity index (χ3v) is 3.67. The molecule has 0 saturated carbocycles. The summed E-state index contributed by atoms with van der Waals surface area (Å²) in [5.41, 5.74) is 2.74. The number of nitrogens with zero attached hydrogens (tertiary/aromatic N) is 3. The number of aryl methyl sites for hydroxylation is 1. The predicted octanol–water partition coefficient (Wildman–Crippen LogP) is 2.18. The average Bonchev–Trinajstić information content (AvgIpc) is 2.92. The first-order chi connectivity index (χ1) is 8.65. The highest BCUT2D eigenvalue weighted by Crippen LogP contribution is 2.23. The Balaban J connectivity index is 2.35. The zero-order valence-corrected chi connectivity index (χ0v) is 11.6. The maximum atomic E-state index is 12.4. The number of halogens is 1. The van der Waals surface area contributed by atoms with E-state index in [0.717, 1.165) is 0 Å². The van der Waals surface area contributed by atoms with Crippen molar-refractivity contribution in [2.75, 3.05) is 13.7 Å². The van der Waals surface area contributed by atoms with Gasteiger partial charge in [0.15, 0.2) is 0 Å². The molecule has 2 aromatic rings. The molecule has 0 aliphatic heterocycles. The van der Waals surface area contributed by atoms with Gasteiger partial charge in [0.2, 0.25) is 5.78 Å². The van der Waals surface area contributed by atoms with Crippen molar-refractivity contribution in [3.63, 3.8) is 0 Å². The summed E-state index contributed by atoms with van der Waals surface area (Å²) in [7, 11) is 1.60. The van der Waals surface area contributed by atoms with Gasteiger partial charge >= 0.3 is 0 Å². The molecule has 2 rings (SSSR count). The molecule has 96 valence electrons. The quantitative estimate of drug-likeness (QED) is 0.790. The second kappa shape index (κ2) is 5.60. The number of ether oxygens (including phenoxy) is 1. The summed E-state index contributed by atoms with van der Waals surface area (Å²) in [4.78, 5) is 17.0. The Labute approximate surface area is 113 Å². The van der Waals surface area contributed by atoms with Crippen LogP contribution in [0.5, 0.6) is 0 Å². The lowest BCUT2D eigenvalue weighted by Gasteiger charge is -2.06. The standard InChI is InChI=1S/C11H12ClN3O2S/c1-7-11(18-6-13-7)10(16)9-8(12)5-14-15(9)3-4-17-2/h5-6H,3-4H2,1-2H3. The van der Waals surface area contributed by atoms with E-state index < -0.39 is 0 Å². The van der Waals surface area contributed by atoms with Gasteiger partial charge in [-0.15, -0.1) is 11.3 Å². The normalized spacial score (nSPS) is 10.8. The van der Waals surface area contributed by atoms with Gasteiger partial charge in [-0.2, -0.15) is 5.10 Å². The first-order valence-electron chi connectivity index (χ1n) is 5.30. The Hall–Kier alpha value is -1.24. The van der Waals surface area contributed by atoms with E-state index in [2.05, 4.69) is 10.1 Å². The third-order valence-electron chi connectivity index (χ3n) is 2.47. The molecular weight excluding hydrogens is 274 g/mol. The highest BCUT2D eigenvalue weighted by Gasteiger charge is 2.22. The Morgan fingerprint density at radius 1 is 1.61 bits per heavy atom. The summed E-state index contributed by atoms with van der Waals surface area (Å²) in [5.74, 6) is -0.145. The van der Waals surface area contributed by atoms with Crippen LogP contribution in [0.2, 0.25) is 5.02 Å². The molecule has 0 radical (unpaired) electrons. The second-order valence-electron chi connectivity index (χ2n) is 3.65. The van der Waals surface area contributed by atoms with Gasteiger partial charge in [0.05, 0.1) is 40.5 Å². The van der Waals surface area contributed by atoms with Crippen LogP contribution in [-0.4, -0.2) is 34.3 Å². The molecule has 0 bridgehead atoms. The lowest BCUT2D eigenvalue weighted by atomic mass is 10.2. The Morgan fingerprint density at radius 2 is 2.39 bits per heavy atom. The number of ketones is 1. The van der Waals surface area contributed by atoms with Crippen molar-refractivity contribution < 1.29 is 9.53 Å². The van der Waals surface area contributed by atoms with Gasteiger partial charge in [-0.05, 0) is 6.92 Å². The molecule has 0 atom stereocenters.